The molecule has 8 nitrogen and oxygen atoms in total. The molecule has 2 heterocycles. The molecule has 9 heteroatoms. The molecule has 3 rings (SSSR count). The molecule has 1 aliphatic rings. The molecule has 2 aromatic rings. The standard InChI is InChI=1S/C15H16N4O4S/c1-9-5-6-16-14(18-9)10(2)19-24(21,22)12-3-4-13-11(7-12)8-17-15(20)23-13/h3-7,10,19H,8H2,1-2H3,(H,17,20). The number of aryl methyl sites for hydroxylation is 1. The van der Waals surface area contributed by atoms with Gasteiger partial charge in [-0.3, -0.25) is 0 Å². The van der Waals surface area contributed by atoms with Crippen LogP contribution in [0, 0.1) is 6.92 Å². The highest BCUT2D eigenvalue weighted by Crippen LogP contribution is 2.25. The van der Waals surface area contributed by atoms with Crippen LogP contribution in [0.25, 0.3) is 0 Å². The average Bonchev–Trinajstić information content (AvgIpc) is 2.53. The Labute approximate surface area is 139 Å². The Balaban J connectivity index is 1.84. The smallest absolute Gasteiger partial charge is 0.410 e. The molecule has 0 fully saturated rings. The number of hydrogen-bond acceptors (Lipinski definition) is 6. The van der Waals surface area contributed by atoms with E-state index in [1.807, 2.05) is 6.92 Å². The van der Waals surface area contributed by atoms with Gasteiger partial charge in [-0.25, -0.2) is 27.9 Å². The van der Waals surface area contributed by atoms with Crippen LogP contribution >= 0.6 is 0 Å². The number of nitrogens with zero attached hydrogens (tertiary/aromatic N) is 2. The van der Waals surface area contributed by atoms with Crippen molar-refractivity contribution in [1.82, 2.24) is 20.0 Å². The van der Waals surface area contributed by atoms with Crippen LogP contribution in [0.5, 0.6) is 5.75 Å². The van der Waals surface area contributed by atoms with Crippen molar-refractivity contribution < 1.29 is 17.9 Å². The van der Waals surface area contributed by atoms with Crippen LogP contribution in [0.4, 0.5) is 4.79 Å². The summed E-state index contributed by atoms with van der Waals surface area (Å²) in [5, 5.41) is 2.49. The molecule has 1 aliphatic heterocycles. The van der Waals surface area contributed by atoms with Crippen molar-refractivity contribution in [2.75, 3.05) is 0 Å². The zero-order valence-corrected chi connectivity index (χ0v) is 13.9. The third-order valence-electron chi connectivity index (χ3n) is 3.50. The summed E-state index contributed by atoms with van der Waals surface area (Å²) in [6, 6.07) is 5.49. The summed E-state index contributed by atoms with van der Waals surface area (Å²) in [6.45, 7) is 3.70. The quantitative estimate of drug-likeness (QED) is 0.865. The van der Waals surface area contributed by atoms with Gasteiger partial charge in [0.25, 0.3) is 0 Å². The normalized spacial score (nSPS) is 15.2. The van der Waals surface area contributed by atoms with E-state index in [1.165, 1.54) is 18.2 Å². The lowest BCUT2D eigenvalue weighted by Gasteiger charge is -2.18. The van der Waals surface area contributed by atoms with Crippen LogP contribution in [0.15, 0.2) is 35.4 Å². The van der Waals surface area contributed by atoms with Crippen LogP contribution in [-0.2, 0) is 16.6 Å². The Kier molecular flexibility index (Phi) is 4.20. The Morgan fingerprint density at radius 1 is 1.33 bits per heavy atom. The fourth-order valence-corrected chi connectivity index (χ4v) is 3.55. The summed E-state index contributed by atoms with van der Waals surface area (Å²) in [5.74, 6) is 0.750. The maximum Gasteiger partial charge on any atom is 0.412 e. The van der Waals surface area contributed by atoms with Crippen LogP contribution < -0.4 is 14.8 Å². The Hall–Kier alpha value is -2.52. The molecule has 1 amide bonds. The first-order valence-corrected chi connectivity index (χ1v) is 8.74. The minimum Gasteiger partial charge on any atom is -0.410 e. The molecule has 0 radical (unpaired) electrons. The molecule has 0 saturated heterocycles. The van der Waals surface area contributed by atoms with Crippen molar-refractivity contribution in [3.05, 3.63) is 47.5 Å². The van der Waals surface area contributed by atoms with Gasteiger partial charge in [-0.15, -0.1) is 0 Å². The molecule has 0 bridgehead atoms. The van der Waals surface area contributed by atoms with Crippen LogP contribution in [-0.4, -0.2) is 24.5 Å². The minimum absolute atomic E-state index is 0.0838. The van der Waals surface area contributed by atoms with Gasteiger partial charge in [0, 0.05) is 24.0 Å². The topological polar surface area (TPSA) is 110 Å². The number of rotatable bonds is 4. The number of carbonyl (C=O) groups excluding carboxylic acids is 1. The van der Waals surface area contributed by atoms with Gasteiger partial charge < -0.3 is 10.1 Å². The highest BCUT2D eigenvalue weighted by Gasteiger charge is 2.23. The Bertz CT molecular complexity index is 898. The van der Waals surface area contributed by atoms with E-state index in [2.05, 4.69) is 20.0 Å². The first-order chi connectivity index (χ1) is 11.3. The van der Waals surface area contributed by atoms with Crippen molar-refractivity contribution in [2.24, 2.45) is 0 Å². The third-order valence-corrected chi connectivity index (χ3v) is 5.04. The van der Waals surface area contributed by atoms with Crippen LogP contribution in [0.3, 0.4) is 0 Å². The SMILES string of the molecule is Cc1ccnc(C(C)NS(=O)(=O)c2ccc3c(c2)CNC(=O)O3)n1. The van der Waals surface area contributed by atoms with Crippen molar-refractivity contribution >= 4 is 16.1 Å². The molecule has 0 saturated carbocycles. The van der Waals surface area contributed by atoms with E-state index >= 15 is 0 Å². The lowest BCUT2D eigenvalue weighted by molar-refractivity contribution is 0.194. The number of aromatic nitrogens is 2. The van der Waals surface area contributed by atoms with Crippen molar-refractivity contribution in [1.29, 1.82) is 0 Å². The first-order valence-electron chi connectivity index (χ1n) is 7.25. The van der Waals surface area contributed by atoms with Crippen molar-refractivity contribution in [2.45, 2.75) is 31.3 Å². The fraction of sp³-hybridized carbons (Fsp3) is 0.267. The summed E-state index contributed by atoms with van der Waals surface area (Å²) in [4.78, 5) is 19.6. The van der Waals surface area contributed by atoms with Gasteiger partial charge in [-0.1, -0.05) is 0 Å². The predicted octanol–water partition coefficient (Wildman–Crippen LogP) is 1.43. The zero-order chi connectivity index (χ0) is 17.3. The highest BCUT2D eigenvalue weighted by atomic mass is 32.2. The third kappa shape index (κ3) is 3.36. The van der Waals surface area contributed by atoms with E-state index < -0.39 is 22.2 Å². The number of nitrogens with one attached hydrogen (secondary N) is 2. The summed E-state index contributed by atoms with van der Waals surface area (Å²) in [5.41, 5.74) is 1.35. The Morgan fingerprint density at radius 2 is 2.12 bits per heavy atom. The summed E-state index contributed by atoms with van der Waals surface area (Å²) in [6.07, 6.45) is 1.03. The van der Waals surface area contributed by atoms with Crippen molar-refractivity contribution in [3.8, 4) is 5.75 Å². The zero-order valence-electron chi connectivity index (χ0n) is 13.1. The van der Waals surface area contributed by atoms with Gasteiger partial charge in [-0.05, 0) is 38.1 Å². The minimum atomic E-state index is -3.77. The maximum atomic E-state index is 12.6. The maximum absolute atomic E-state index is 12.6. The second-order valence-corrected chi connectivity index (χ2v) is 7.13. The van der Waals surface area contributed by atoms with Gasteiger partial charge in [-0.2, -0.15) is 0 Å². The fourth-order valence-electron chi connectivity index (χ4n) is 2.29. The number of carbonyl (C=O) groups is 1. The van der Waals surface area contributed by atoms with E-state index in [0.717, 1.165) is 5.69 Å². The molecule has 126 valence electrons. The van der Waals surface area contributed by atoms with E-state index in [-0.39, 0.29) is 11.4 Å². The second-order valence-electron chi connectivity index (χ2n) is 5.41. The lowest BCUT2D eigenvalue weighted by atomic mass is 10.2. The molecule has 2 N–H and O–H groups in total. The van der Waals surface area contributed by atoms with Gasteiger partial charge in [0.1, 0.15) is 11.6 Å². The predicted molar refractivity (Wildman–Crippen MR) is 84.8 cm³/mol. The average molecular weight is 348 g/mol. The van der Waals surface area contributed by atoms with E-state index in [9.17, 15) is 13.2 Å². The second kappa shape index (κ2) is 6.17. The lowest BCUT2D eigenvalue weighted by Crippen LogP contribution is -2.32. The highest BCUT2D eigenvalue weighted by molar-refractivity contribution is 7.89. The Morgan fingerprint density at radius 3 is 2.88 bits per heavy atom. The van der Waals surface area contributed by atoms with E-state index in [0.29, 0.717) is 17.1 Å². The number of hydrogen-bond donors (Lipinski definition) is 2. The number of ether oxygens (including phenoxy) is 1. The van der Waals surface area contributed by atoms with Crippen molar-refractivity contribution in [3.63, 3.8) is 0 Å². The van der Waals surface area contributed by atoms with Crippen LogP contribution in [0.2, 0.25) is 0 Å². The van der Waals surface area contributed by atoms with E-state index in [4.69, 9.17) is 4.74 Å². The van der Waals surface area contributed by atoms with E-state index in [1.54, 1.807) is 19.2 Å². The number of benzene rings is 1. The molecule has 0 aliphatic carbocycles. The molecular weight excluding hydrogens is 332 g/mol. The number of amides is 1. The van der Waals surface area contributed by atoms with Crippen LogP contribution in [0.1, 0.15) is 30.0 Å². The summed E-state index contributed by atoms with van der Waals surface area (Å²) in [7, 11) is -3.77. The molecule has 1 aromatic heterocycles. The summed E-state index contributed by atoms with van der Waals surface area (Å²) < 4.78 is 32.6. The van der Waals surface area contributed by atoms with Gasteiger partial charge in [0.05, 0.1) is 10.9 Å². The number of sulfonamides is 1. The van der Waals surface area contributed by atoms with Gasteiger partial charge in [0.2, 0.25) is 10.0 Å². The number of fused-ring (bicyclic) bond motifs is 1. The molecular formula is C15H16N4O4S. The molecule has 1 aromatic carbocycles. The first kappa shape index (κ1) is 16.3. The molecule has 0 spiro atoms. The monoisotopic (exact) mass is 348 g/mol. The van der Waals surface area contributed by atoms with Gasteiger partial charge >= 0.3 is 6.09 Å². The van der Waals surface area contributed by atoms with Gasteiger partial charge in [0.15, 0.2) is 0 Å². The largest absolute Gasteiger partial charge is 0.412 e. The molecule has 24 heavy (non-hydrogen) atoms. The molecule has 1 unspecified atom stereocenters. The molecule has 1 atom stereocenters. The summed E-state index contributed by atoms with van der Waals surface area (Å²) >= 11 is 0.